The van der Waals surface area contributed by atoms with Gasteiger partial charge in [0.15, 0.2) is 0 Å². The molecule has 0 aliphatic carbocycles. The fraction of sp³-hybridized carbons (Fsp3) is 0.176. The number of rotatable bonds is 5. The number of hydrogen-bond donors (Lipinski definition) is 1. The number of benzene rings is 1. The number of aromatic nitrogens is 2. The van der Waals surface area contributed by atoms with E-state index in [4.69, 9.17) is 11.6 Å². The van der Waals surface area contributed by atoms with E-state index in [9.17, 15) is 9.59 Å². The Morgan fingerprint density at radius 3 is 2.88 bits per heavy atom. The molecule has 128 valence electrons. The van der Waals surface area contributed by atoms with Crippen molar-refractivity contribution in [2.75, 3.05) is 0 Å². The van der Waals surface area contributed by atoms with Crippen molar-refractivity contribution >= 4 is 45.3 Å². The normalized spacial score (nSPS) is 11.3. The van der Waals surface area contributed by atoms with E-state index in [-0.39, 0.29) is 12.1 Å². The molecule has 2 aromatic heterocycles. The number of hydrazone groups is 1. The Bertz CT molecular complexity index is 992. The van der Waals surface area contributed by atoms with Gasteiger partial charge in [-0.3, -0.25) is 14.2 Å². The molecule has 0 radical (unpaired) electrons. The zero-order chi connectivity index (χ0) is 17.8. The minimum absolute atomic E-state index is 0.142. The van der Waals surface area contributed by atoms with Crippen LogP contribution in [0.4, 0.5) is 0 Å². The summed E-state index contributed by atoms with van der Waals surface area (Å²) in [7, 11) is 0. The van der Waals surface area contributed by atoms with E-state index in [2.05, 4.69) is 15.5 Å². The third kappa shape index (κ3) is 4.12. The van der Waals surface area contributed by atoms with Crippen molar-refractivity contribution in [1.82, 2.24) is 15.0 Å². The van der Waals surface area contributed by atoms with Crippen LogP contribution in [-0.2, 0) is 17.8 Å². The average molecular weight is 375 g/mol. The van der Waals surface area contributed by atoms with E-state index in [1.54, 1.807) is 24.3 Å². The molecule has 0 saturated carbocycles. The van der Waals surface area contributed by atoms with Gasteiger partial charge < -0.3 is 0 Å². The number of amides is 1. The number of hydrogen-bond acceptors (Lipinski definition) is 5. The zero-order valence-electron chi connectivity index (χ0n) is 13.4. The van der Waals surface area contributed by atoms with Gasteiger partial charge in [0.2, 0.25) is 0 Å². The van der Waals surface area contributed by atoms with Crippen LogP contribution in [0.2, 0.25) is 5.02 Å². The molecule has 0 spiro atoms. The van der Waals surface area contributed by atoms with Crippen molar-refractivity contribution < 1.29 is 4.79 Å². The Morgan fingerprint density at radius 1 is 1.40 bits per heavy atom. The third-order valence-corrected chi connectivity index (χ3v) is 4.94. The molecular weight excluding hydrogens is 360 g/mol. The predicted octanol–water partition coefficient (Wildman–Crippen LogP) is 2.82. The van der Waals surface area contributed by atoms with E-state index in [0.717, 1.165) is 16.9 Å². The molecule has 0 unspecified atom stereocenters. The van der Waals surface area contributed by atoms with Crippen molar-refractivity contribution in [3.05, 3.63) is 62.5 Å². The molecular formula is C17H15ClN4O2S. The van der Waals surface area contributed by atoms with Gasteiger partial charge in [-0.1, -0.05) is 30.7 Å². The molecule has 3 aromatic rings. The highest BCUT2D eigenvalue weighted by atomic mass is 35.5. The Hall–Kier alpha value is -2.51. The second kappa shape index (κ2) is 7.58. The maximum atomic E-state index is 12.4. The molecule has 0 fully saturated rings. The lowest BCUT2D eigenvalue weighted by molar-refractivity contribution is -0.121. The topological polar surface area (TPSA) is 76.3 Å². The molecule has 0 bridgehead atoms. The van der Waals surface area contributed by atoms with Crippen molar-refractivity contribution in [3.63, 3.8) is 0 Å². The maximum absolute atomic E-state index is 12.4. The number of nitrogens with zero attached hydrogens (tertiary/aromatic N) is 3. The third-order valence-electron chi connectivity index (χ3n) is 3.50. The summed E-state index contributed by atoms with van der Waals surface area (Å²) in [4.78, 5) is 30.4. The number of halogens is 1. The van der Waals surface area contributed by atoms with E-state index >= 15 is 0 Å². The standard InChI is InChI=1S/C17H15ClN4O2S/c1-2-13-7-14-16(25-13)19-10-22(17(14)24)9-15(23)21-20-8-11-3-5-12(18)6-4-11/h3-8,10H,2,9H2,1H3,(H,21,23)/b20-8-. The highest BCUT2D eigenvalue weighted by Crippen LogP contribution is 2.20. The Balaban J connectivity index is 1.68. The molecule has 0 atom stereocenters. The Morgan fingerprint density at radius 2 is 2.16 bits per heavy atom. The van der Waals surface area contributed by atoms with Gasteiger partial charge in [0.25, 0.3) is 11.5 Å². The zero-order valence-corrected chi connectivity index (χ0v) is 15.0. The summed E-state index contributed by atoms with van der Waals surface area (Å²) in [6.45, 7) is 1.88. The Labute approximate surface area is 152 Å². The fourth-order valence-electron chi connectivity index (χ4n) is 2.21. The highest BCUT2D eigenvalue weighted by molar-refractivity contribution is 7.18. The maximum Gasteiger partial charge on any atom is 0.262 e. The molecule has 1 aromatic carbocycles. The number of nitrogens with one attached hydrogen (secondary N) is 1. The summed E-state index contributed by atoms with van der Waals surface area (Å²) in [5, 5.41) is 5.05. The second-order valence-electron chi connectivity index (χ2n) is 5.31. The van der Waals surface area contributed by atoms with Crippen molar-refractivity contribution in [2.45, 2.75) is 19.9 Å². The number of fused-ring (bicyclic) bond motifs is 1. The molecule has 3 rings (SSSR count). The van der Waals surface area contributed by atoms with Gasteiger partial charge in [0.1, 0.15) is 11.4 Å². The molecule has 1 amide bonds. The molecule has 25 heavy (non-hydrogen) atoms. The van der Waals surface area contributed by atoms with Gasteiger partial charge in [0.05, 0.1) is 17.9 Å². The smallest absolute Gasteiger partial charge is 0.262 e. The first-order valence-electron chi connectivity index (χ1n) is 7.62. The van der Waals surface area contributed by atoms with Crippen molar-refractivity contribution in [1.29, 1.82) is 0 Å². The summed E-state index contributed by atoms with van der Waals surface area (Å²) < 4.78 is 1.28. The number of thiophene rings is 1. The second-order valence-corrected chi connectivity index (χ2v) is 6.86. The van der Waals surface area contributed by atoms with E-state index in [0.29, 0.717) is 15.2 Å². The minimum atomic E-state index is -0.403. The van der Waals surface area contributed by atoms with Gasteiger partial charge in [-0.05, 0) is 30.2 Å². The number of aryl methyl sites for hydroxylation is 1. The van der Waals surface area contributed by atoms with Gasteiger partial charge in [-0.2, -0.15) is 5.10 Å². The van der Waals surface area contributed by atoms with Crippen LogP contribution in [0.5, 0.6) is 0 Å². The number of carbonyl (C=O) groups excluding carboxylic acids is 1. The Kier molecular flexibility index (Phi) is 5.25. The molecule has 0 aliphatic heterocycles. The lowest BCUT2D eigenvalue weighted by atomic mass is 10.2. The van der Waals surface area contributed by atoms with Crippen molar-refractivity contribution in [3.8, 4) is 0 Å². The van der Waals surface area contributed by atoms with Gasteiger partial charge in [-0.25, -0.2) is 10.4 Å². The van der Waals surface area contributed by atoms with Crippen molar-refractivity contribution in [2.24, 2.45) is 5.10 Å². The summed E-state index contributed by atoms with van der Waals surface area (Å²) >= 11 is 7.30. The molecule has 2 heterocycles. The summed E-state index contributed by atoms with van der Waals surface area (Å²) in [5.74, 6) is -0.403. The lowest BCUT2D eigenvalue weighted by Crippen LogP contribution is -2.29. The van der Waals surface area contributed by atoms with E-state index in [1.807, 2.05) is 13.0 Å². The molecule has 0 aliphatic rings. The van der Waals surface area contributed by atoms with E-state index in [1.165, 1.54) is 28.4 Å². The van der Waals surface area contributed by atoms with Gasteiger partial charge in [-0.15, -0.1) is 11.3 Å². The molecule has 6 nitrogen and oxygen atoms in total. The largest absolute Gasteiger partial charge is 0.289 e. The average Bonchev–Trinajstić information content (AvgIpc) is 3.03. The fourth-order valence-corrected chi connectivity index (χ4v) is 3.27. The van der Waals surface area contributed by atoms with Crippen LogP contribution in [0.25, 0.3) is 10.2 Å². The van der Waals surface area contributed by atoms with Crippen LogP contribution in [0.3, 0.4) is 0 Å². The number of carbonyl (C=O) groups is 1. The first-order chi connectivity index (χ1) is 12.1. The predicted molar refractivity (Wildman–Crippen MR) is 100 cm³/mol. The van der Waals surface area contributed by atoms with Crippen LogP contribution >= 0.6 is 22.9 Å². The van der Waals surface area contributed by atoms with Crippen LogP contribution in [-0.4, -0.2) is 21.7 Å². The quantitative estimate of drug-likeness (QED) is 0.551. The minimum Gasteiger partial charge on any atom is -0.289 e. The lowest BCUT2D eigenvalue weighted by Gasteiger charge is -2.03. The molecule has 8 heteroatoms. The van der Waals surface area contributed by atoms with Crippen LogP contribution < -0.4 is 11.0 Å². The van der Waals surface area contributed by atoms with E-state index < -0.39 is 5.91 Å². The summed E-state index contributed by atoms with van der Waals surface area (Å²) in [5.41, 5.74) is 2.98. The van der Waals surface area contributed by atoms with Crippen LogP contribution in [0.15, 0.2) is 46.6 Å². The monoisotopic (exact) mass is 374 g/mol. The first-order valence-corrected chi connectivity index (χ1v) is 8.81. The molecule has 1 N–H and O–H groups in total. The van der Waals surface area contributed by atoms with Gasteiger partial charge >= 0.3 is 0 Å². The van der Waals surface area contributed by atoms with Gasteiger partial charge in [0, 0.05) is 9.90 Å². The first kappa shape index (κ1) is 17.3. The summed E-state index contributed by atoms with van der Waals surface area (Å²) in [6.07, 6.45) is 3.74. The summed E-state index contributed by atoms with van der Waals surface area (Å²) in [6, 6.07) is 8.86. The highest BCUT2D eigenvalue weighted by Gasteiger charge is 2.10. The SMILES string of the molecule is CCc1cc2c(=O)n(CC(=O)N/N=C\c3ccc(Cl)cc3)cnc2s1. The van der Waals surface area contributed by atoms with Crippen LogP contribution in [0.1, 0.15) is 17.4 Å². The van der Waals surface area contributed by atoms with Crippen LogP contribution in [0, 0.1) is 0 Å². The molecule has 0 saturated heterocycles.